The van der Waals surface area contributed by atoms with Gasteiger partial charge in [0.05, 0.1) is 19.4 Å². The zero-order chi connectivity index (χ0) is 93.8. The van der Waals surface area contributed by atoms with Crippen LogP contribution in [0, 0.1) is 5.92 Å². The minimum Gasteiger partial charge on any atom is -1.00 e. The van der Waals surface area contributed by atoms with Crippen molar-refractivity contribution in [2.75, 3.05) is 84.6 Å². The summed E-state index contributed by atoms with van der Waals surface area (Å²) in [4.78, 5) is 90.5. The summed E-state index contributed by atoms with van der Waals surface area (Å²) in [5, 5.41) is 19.2. The van der Waals surface area contributed by atoms with E-state index in [0.717, 1.165) is 13.5 Å². The molecule has 0 saturated carbocycles. The van der Waals surface area contributed by atoms with E-state index >= 15 is 0 Å². The van der Waals surface area contributed by atoms with Crippen molar-refractivity contribution in [2.24, 2.45) is 10.9 Å². The van der Waals surface area contributed by atoms with E-state index in [0.29, 0.717) is 9.80 Å². The topological polar surface area (TPSA) is 238 Å². The minimum absolute atomic E-state index is 0. The molecule has 26 heteroatoms. The number of fused-ring (bicyclic) bond motifs is 1. The van der Waals surface area contributed by atoms with Gasteiger partial charge in [-0.25, -0.2) is 24.0 Å². The molecule has 0 aliphatic carbocycles. The van der Waals surface area contributed by atoms with E-state index < -0.39 is 208 Å². The number of hydrogen-bond acceptors (Lipinski definition) is 16. The number of ether oxygens (including phenoxy) is 5. The Bertz CT molecular complexity index is 3370. The Hall–Kier alpha value is -2.99. The molecule has 6 fully saturated rings. The number of nitrogens with zero attached hydrogens (tertiary/aromatic N) is 7. The standard InChI is InChI=1S/C11H21NO2.2C10H19NO3.2C10H17NO3.C8H14N2.CHCl3.B.Na.H/c1-9-5-7-12(8-6-9)10(13)14-11(2,3)4;4*1-10(2,3)14-9(13)11-6-4-8(12)5-7-11;1-2-6-10-7-3-5-9-8(10)4-1;2-1(3)4;;;/h9H,5-8H2,1-4H3;2*8,12H,4-7H2,1-3H3;2*4-7H2,1-3H3;1-7H2;1H;;;/q;;;;;;;;+1;-1/i5D2,6D2,7D2,8D2;4D2,5D2,6D2,7D2;6D2,7D2;4D2,5D2,6D2,7D2;6D2,7D2;;1D;;;. The van der Waals surface area contributed by atoms with Gasteiger partial charge >= 0.3 is 60.0 Å². The molecule has 7 aliphatic rings. The van der Waals surface area contributed by atoms with Gasteiger partial charge in [-0.2, -0.15) is 0 Å². The molecule has 0 spiro atoms. The van der Waals surface area contributed by atoms with E-state index in [9.17, 15) is 43.8 Å². The van der Waals surface area contributed by atoms with Gasteiger partial charge in [0, 0.05) is 169 Å². The quantitative estimate of drug-likeness (QED) is 0.131. The molecule has 7 heterocycles. The number of alkyl halides is 3. The molecule has 0 aromatic rings. The second kappa shape index (κ2) is 41.4. The largest absolute Gasteiger partial charge is 1.00 e. The molecule has 7 aliphatic heterocycles. The van der Waals surface area contributed by atoms with Gasteiger partial charge in [-0.15, -0.1) is 0 Å². The number of rotatable bonds is 0. The molecular weight excluding hydrogens is 1180 g/mol. The van der Waals surface area contributed by atoms with Crippen molar-refractivity contribution >= 4 is 91.1 Å². The molecule has 0 aromatic carbocycles. The molecule has 493 valence electrons. The fourth-order valence-electron chi connectivity index (χ4n) is 5.78. The van der Waals surface area contributed by atoms with E-state index in [-0.39, 0.29) is 66.9 Å². The zero-order valence-electron chi connectivity index (χ0n) is 86.1. The summed E-state index contributed by atoms with van der Waals surface area (Å²) in [5.74, 6) is -2.69. The SMILES string of the molecule is C1CCN2CCCN=C2C1.[2H]C(Cl)(Cl)Cl.[2H]C1([2H])C(=O)C([2H])([2H])C([2H])([2H])N(C(=O)OC(C)(C)C)C1([2H])[2H].[2H]C1([2H])C(C)C([2H])([2H])C([2H])([2H])N(C(=O)OC(C)(C)C)C1([2H])[2H].[2H]C1([2H])C(O)C([2H])([2H])C([2H])([2H])N(C(=O)OC(C)(C)C)C1([2H])[2H].[2H]C1([2H])CC(=O)CC([2H])([2H])N1C(=O)OC(C)(C)C.[2H]C1([2H])CC(O)CC([2H])([2H])N1C(=O)OC(C)(C)C.[B].[H-].[Na+]. The number of amidine groups is 1. The molecule has 2 N–H and O–H groups in total. The molecule has 0 unspecified atom stereocenters. The van der Waals surface area contributed by atoms with E-state index in [1.807, 2.05) is 0 Å². The fourth-order valence-corrected chi connectivity index (χ4v) is 5.78. The van der Waals surface area contributed by atoms with Gasteiger partial charge < -0.3 is 64.7 Å². The first-order chi connectivity index (χ1) is 50.9. The van der Waals surface area contributed by atoms with Crippen LogP contribution in [0.15, 0.2) is 4.99 Å². The van der Waals surface area contributed by atoms with Crippen molar-refractivity contribution in [3.05, 3.63) is 0 Å². The number of Topliss-reactive ketones (excluding diaryl/α,β-unsaturated/α-hetero) is 2. The number of aliphatic hydroxyl groups excluding tert-OH is 2. The number of amides is 5. The summed E-state index contributed by atoms with van der Waals surface area (Å²) in [5.41, 5.74) is -5.03. The number of aliphatic hydroxyl groups is 2. The maximum Gasteiger partial charge on any atom is 1.00 e. The molecule has 86 heavy (non-hydrogen) atoms. The smallest absolute Gasteiger partial charge is 1.00 e. The maximum absolute atomic E-state index is 12.2. The number of carbonyl (C=O) groups excluding carboxylic acids is 7. The van der Waals surface area contributed by atoms with Crippen molar-refractivity contribution in [3.8, 4) is 0 Å². The van der Waals surface area contributed by atoms with Crippen molar-refractivity contribution in [1.82, 2.24) is 29.4 Å². The summed E-state index contributed by atoms with van der Waals surface area (Å²) in [6.45, 7) is -1.54. The van der Waals surface area contributed by atoms with Crippen molar-refractivity contribution in [1.29, 1.82) is 0 Å². The van der Waals surface area contributed by atoms with Crippen LogP contribution in [0.4, 0.5) is 24.0 Å². The van der Waals surface area contributed by atoms with Gasteiger partial charge in [-0.1, -0.05) is 41.7 Å². The van der Waals surface area contributed by atoms with Crippen molar-refractivity contribution in [2.45, 2.75) is 245 Å². The van der Waals surface area contributed by atoms with E-state index in [2.05, 4.69) is 9.89 Å². The van der Waals surface area contributed by atoms with Crippen molar-refractivity contribution < 1.29 is 144 Å². The van der Waals surface area contributed by atoms with Crippen LogP contribution in [0.5, 0.6) is 0 Å². The number of hydrogen-bond donors (Lipinski definition) is 2. The van der Waals surface area contributed by atoms with Crippen LogP contribution in [0.1, 0.15) is 247 Å². The number of piperidine rings is 6. The Balaban J connectivity index is -0.00000136. The van der Waals surface area contributed by atoms with Crippen LogP contribution < -0.4 is 29.6 Å². The average molecular weight is 1330 g/mol. The van der Waals surface area contributed by atoms with Crippen molar-refractivity contribution in [3.63, 3.8) is 0 Å². The monoisotopic (exact) mass is 1320 g/mol. The summed E-state index contributed by atoms with van der Waals surface area (Å²) in [6, 6.07) is 0. The number of carbonyl (C=O) groups is 7. The molecule has 6 saturated heterocycles. The van der Waals surface area contributed by atoms with E-state index in [1.54, 1.807) is 41.5 Å². The second-order valence-electron chi connectivity index (χ2n) is 22.9. The zero-order valence-corrected chi connectivity index (χ0v) is 56.4. The van der Waals surface area contributed by atoms with E-state index in [4.69, 9.17) is 104 Å². The predicted molar refractivity (Wildman–Crippen MR) is 337 cm³/mol. The second-order valence-corrected chi connectivity index (χ2v) is 24.6. The Morgan fingerprint density at radius 3 is 1.17 bits per heavy atom. The molecule has 0 atom stereocenters. The van der Waals surface area contributed by atoms with Crippen LogP contribution in [0.25, 0.3) is 0 Å². The van der Waals surface area contributed by atoms with Gasteiger partial charge in [-0.05, 0) is 167 Å². The molecule has 0 aromatic heterocycles. The first-order valence-corrected chi connectivity index (χ1v) is 27.5. The molecule has 0 bridgehead atoms. The number of halogens is 3. The summed E-state index contributed by atoms with van der Waals surface area (Å²) in [7, 11) is 0. The maximum atomic E-state index is 12.2. The van der Waals surface area contributed by atoms with Crippen LogP contribution in [-0.4, -0.2) is 225 Å². The fraction of sp³-hybridized carbons (Fsp3) is 0.867. The average Bonchev–Trinajstić information content (AvgIpc) is 0.708. The summed E-state index contributed by atoms with van der Waals surface area (Å²) in [6.07, 6.45) is -25.9. The first-order valence-electron chi connectivity index (χ1n) is 42.8. The molecule has 21 nitrogen and oxygen atoms in total. The number of likely N-dealkylation sites (tertiary alicyclic amines) is 5. The molecule has 5 amide bonds. The third-order valence-corrected chi connectivity index (χ3v) is 9.02. The van der Waals surface area contributed by atoms with Gasteiger partial charge in [0.25, 0.3) is 0 Å². The summed E-state index contributed by atoms with van der Waals surface area (Å²) >= 11 is 14.2. The normalized spacial score (nSPS) is 34.1. The van der Waals surface area contributed by atoms with Crippen LogP contribution >= 0.6 is 34.8 Å². The van der Waals surface area contributed by atoms with Gasteiger partial charge in [0.1, 0.15) is 39.6 Å². The molecule has 3 radical (unpaired) electrons. The minimum atomic E-state index is -3.45. The van der Waals surface area contributed by atoms with E-state index in [1.165, 1.54) is 107 Å². The third-order valence-electron chi connectivity index (χ3n) is 9.02. The van der Waals surface area contributed by atoms with Crippen LogP contribution in [-0.2, 0) is 33.3 Å². The Labute approximate surface area is 603 Å². The third kappa shape index (κ3) is 42.9. The Kier molecular flexibility index (Phi) is 20.7. The molecule has 7 rings (SSSR count). The van der Waals surface area contributed by atoms with Gasteiger partial charge in [0.15, 0.2) is 4.27 Å². The Morgan fingerprint density at radius 2 is 0.826 bits per heavy atom. The van der Waals surface area contributed by atoms with Gasteiger partial charge in [0.2, 0.25) is 0 Å². The Morgan fingerprint density at radius 1 is 0.512 bits per heavy atom. The first kappa shape index (κ1) is 43.0. The molecular formula is C60H109BCl3N7NaO14. The number of aliphatic imine (C=N–C) groups is 1. The van der Waals surface area contributed by atoms with Crippen LogP contribution in [0.3, 0.4) is 0 Å². The summed E-state index contributed by atoms with van der Waals surface area (Å²) < 4.78 is 276. The number of ketones is 2. The van der Waals surface area contributed by atoms with Crippen LogP contribution in [0.2, 0.25) is 0 Å². The predicted octanol–water partition coefficient (Wildman–Crippen LogP) is 8.58. The van der Waals surface area contributed by atoms with Gasteiger partial charge in [-0.3, -0.25) is 14.6 Å².